The van der Waals surface area contributed by atoms with Crippen molar-refractivity contribution in [3.8, 4) is 11.4 Å². The minimum Gasteiger partial charge on any atom is -0.492 e. The van der Waals surface area contributed by atoms with Gasteiger partial charge in [-0.1, -0.05) is 23.9 Å². The molecule has 8 heteroatoms. The molecule has 2 heterocycles. The van der Waals surface area contributed by atoms with Crippen LogP contribution in [0.4, 0.5) is 0 Å². The van der Waals surface area contributed by atoms with Gasteiger partial charge in [-0.15, -0.1) is 5.10 Å². The second-order valence-corrected chi connectivity index (χ2v) is 6.03. The number of tetrazole rings is 1. The molecule has 1 aliphatic rings. The van der Waals surface area contributed by atoms with Gasteiger partial charge >= 0.3 is 5.97 Å². The van der Waals surface area contributed by atoms with Crippen molar-refractivity contribution in [2.75, 3.05) is 6.61 Å². The maximum atomic E-state index is 11.8. The predicted octanol–water partition coefficient (Wildman–Crippen LogP) is 1.86. The summed E-state index contributed by atoms with van der Waals surface area (Å²) in [7, 11) is 0. The molecule has 0 spiro atoms. The van der Waals surface area contributed by atoms with Crippen LogP contribution in [0.1, 0.15) is 20.3 Å². The Morgan fingerprint density at radius 3 is 3.00 bits per heavy atom. The topological polar surface area (TPSA) is 79.1 Å². The third-order valence-corrected chi connectivity index (χ3v) is 4.34. The van der Waals surface area contributed by atoms with Gasteiger partial charge in [0, 0.05) is 6.42 Å². The molecular weight excluding hydrogens is 304 g/mol. The van der Waals surface area contributed by atoms with E-state index in [4.69, 9.17) is 9.47 Å². The van der Waals surface area contributed by atoms with E-state index in [2.05, 4.69) is 15.5 Å². The quantitative estimate of drug-likeness (QED) is 0.778. The highest BCUT2D eigenvalue weighted by Gasteiger charge is 2.34. The van der Waals surface area contributed by atoms with Gasteiger partial charge in [0.05, 0.1) is 6.61 Å². The van der Waals surface area contributed by atoms with E-state index in [1.54, 1.807) is 4.68 Å². The Kier molecular flexibility index (Phi) is 4.28. The maximum Gasteiger partial charge on any atom is 0.319 e. The molecule has 1 aromatic heterocycles. The van der Waals surface area contributed by atoms with E-state index in [9.17, 15) is 4.79 Å². The molecule has 1 aromatic carbocycles. The smallest absolute Gasteiger partial charge is 0.319 e. The number of rotatable bonds is 5. The van der Waals surface area contributed by atoms with E-state index in [1.807, 2.05) is 38.1 Å². The number of hydrogen-bond donors (Lipinski definition) is 0. The number of cyclic esters (lactones) is 1. The van der Waals surface area contributed by atoms with Crippen molar-refractivity contribution in [3.05, 3.63) is 24.3 Å². The number of benzene rings is 1. The van der Waals surface area contributed by atoms with E-state index >= 15 is 0 Å². The third-order valence-electron chi connectivity index (χ3n) is 3.21. The molecule has 0 N–H and O–H groups in total. The summed E-state index contributed by atoms with van der Waals surface area (Å²) in [6.45, 7) is 4.35. The summed E-state index contributed by atoms with van der Waals surface area (Å²) in [6, 6.07) is 7.52. The number of ether oxygens (including phenoxy) is 2. The molecule has 1 fully saturated rings. The molecule has 0 amide bonds. The zero-order chi connectivity index (χ0) is 15.5. The van der Waals surface area contributed by atoms with Gasteiger partial charge in [-0.05, 0) is 36.4 Å². The number of nitrogens with zero attached hydrogens (tertiary/aromatic N) is 4. The average molecular weight is 320 g/mol. The number of carbonyl (C=O) groups excluding carboxylic acids is 1. The van der Waals surface area contributed by atoms with Gasteiger partial charge in [0.2, 0.25) is 5.16 Å². The first kappa shape index (κ1) is 14.8. The van der Waals surface area contributed by atoms with Gasteiger partial charge in [0.15, 0.2) is 0 Å². The summed E-state index contributed by atoms with van der Waals surface area (Å²) in [5.74, 6) is 0.478. The fraction of sp³-hybridized carbons (Fsp3) is 0.429. The molecule has 2 atom stereocenters. The SMILES string of the molecule is CCOc1ccccc1-n1nnnc1SC1CC(C)OC1=O. The Bertz CT molecular complexity index is 676. The molecule has 0 aliphatic carbocycles. The van der Waals surface area contributed by atoms with Crippen molar-refractivity contribution in [1.29, 1.82) is 0 Å². The summed E-state index contributed by atoms with van der Waals surface area (Å²) in [5.41, 5.74) is 0.747. The maximum absolute atomic E-state index is 11.8. The van der Waals surface area contributed by atoms with Gasteiger partial charge in [-0.2, -0.15) is 4.68 Å². The zero-order valence-electron chi connectivity index (χ0n) is 12.3. The lowest BCUT2D eigenvalue weighted by molar-refractivity contribution is -0.140. The van der Waals surface area contributed by atoms with Crippen LogP contribution in [0.25, 0.3) is 5.69 Å². The number of esters is 1. The van der Waals surface area contributed by atoms with Gasteiger partial charge in [-0.3, -0.25) is 4.79 Å². The van der Waals surface area contributed by atoms with Crippen LogP contribution in [-0.4, -0.2) is 44.1 Å². The van der Waals surface area contributed by atoms with Crippen molar-refractivity contribution in [2.45, 2.75) is 36.8 Å². The fourth-order valence-electron chi connectivity index (χ4n) is 2.26. The Morgan fingerprint density at radius 2 is 2.27 bits per heavy atom. The minimum absolute atomic E-state index is 0.0648. The summed E-state index contributed by atoms with van der Waals surface area (Å²) < 4.78 is 12.4. The molecule has 116 valence electrons. The first-order chi connectivity index (χ1) is 10.7. The summed E-state index contributed by atoms with van der Waals surface area (Å²) in [6.07, 6.45) is 0.591. The molecule has 3 rings (SSSR count). The molecule has 2 unspecified atom stereocenters. The molecule has 1 saturated heterocycles. The Morgan fingerprint density at radius 1 is 1.45 bits per heavy atom. The molecule has 0 saturated carbocycles. The van der Waals surface area contributed by atoms with Gasteiger partial charge < -0.3 is 9.47 Å². The first-order valence-electron chi connectivity index (χ1n) is 7.06. The number of aromatic nitrogens is 4. The fourth-order valence-corrected chi connectivity index (χ4v) is 3.35. The van der Waals surface area contributed by atoms with E-state index in [-0.39, 0.29) is 17.3 Å². The monoisotopic (exact) mass is 320 g/mol. The largest absolute Gasteiger partial charge is 0.492 e. The minimum atomic E-state index is -0.279. The number of thioether (sulfide) groups is 1. The van der Waals surface area contributed by atoms with E-state index < -0.39 is 0 Å². The van der Waals surface area contributed by atoms with Crippen LogP contribution in [0.5, 0.6) is 5.75 Å². The van der Waals surface area contributed by atoms with Crippen LogP contribution in [0, 0.1) is 0 Å². The van der Waals surface area contributed by atoms with E-state index in [0.717, 1.165) is 5.69 Å². The summed E-state index contributed by atoms with van der Waals surface area (Å²) in [5, 5.41) is 12.0. The molecule has 0 bridgehead atoms. The van der Waals surface area contributed by atoms with E-state index in [0.29, 0.717) is 23.9 Å². The van der Waals surface area contributed by atoms with Crippen LogP contribution in [0.2, 0.25) is 0 Å². The van der Waals surface area contributed by atoms with Crippen LogP contribution < -0.4 is 4.74 Å². The highest BCUT2D eigenvalue weighted by Crippen LogP contribution is 2.33. The van der Waals surface area contributed by atoms with Gasteiger partial charge in [0.1, 0.15) is 22.8 Å². The Balaban J connectivity index is 1.88. The second kappa shape index (κ2) is 6.35. The lowest BCUT2D eigenvalue weighted by Crippen LogP contribution is -2.11. The highest BCUT2D eigenvalue weighted by molar-refractivity contribution is 8.00. The van der Waals surface area contributed by atoms with Crippen molar-refractivity contribution in [1.82, 2.24) is 20.2 Å². The molecular formula is C14H16N4O3S. The van der Waals surface area contributed by atoms with Gasteiger partial charge in [0.25, 0.3) is 0 Å². The summed E-state index contributed by atoms with van der Waals surface area (Å²) in [4.78, 5) is 11.8. The Hall–Kier alpha value is -2.09. The number of hydrogen-bond acceptors (Lipinski definition) is 7. The van der Waals surface area contributed by atoms with Crippen LogP contribution in [0.3, 0.4) is 0 Å². The van der Waals surface area contributed by atoms with Crippen molar-refractivity contribution in [3.63, 3.8) is 0 Å². The number of carbonyl (C=O) groups is 1. The van der Waals surface area contributed by atoms with Crippen LogP contribution >= 0.6 is 11.8 Å². The summed E-state index contributed by atoms with van der Waals surface area (Å²) >= 11 is 1.31. The van der Waals surface area contributed by atoms with Crippen LogP contribution in [0.15, 0.2) is 29.4 Å². The lowest BCUT2D eigenvalue weighted by atomic mass is 10.3. The predicted molar refractivity (Wildman–Crippen MR) is 80.1 cm³/mol. The highest BCUT2D eigenvalue weighted by atomic mass is 32.2. The number of para-hydroxylation sites is 2. The van der Waals surface area contributed by atoms with Crippen molar-refractivity contribution >= 4 is 17.7 Å². The molecule has 7 nitrogen and oxygen atoms in total. The zero-order valence-corrected chi connectivity index (χ0v) is 13.1. The lowest BCUT2D eigenvalue weighted by Gasteiger charge is -2.11. The molecule has 2 aromatic rings. The normalized spacial score (nSPS) is 20.9. The third kappa shape index (κ3) is 2.92. The Labute approximate surface area is 132 Å². The van der Waals surface area contributed by atoms with Crippen LogP contribution in [-0.2, 0) is 9.53 Å². The standard InChI is InChI=1S/C14H16N4O3S/c1-3-20-11-7-5-4-6-10(11)18-14(15-16-17-18)22-12-8-9(2)21-13(12)19/h4-7,9,12H,3,8H2,1-2H3. The van der Waals surface area contributed by atoms with Crippen molar-refractivity contribution in [2.24, 2.45) is 0 Å². The van der Waals surface area contributed by atoms with Gasteiger partial charge in [-0.25, -0.2) is 0 Å². The van der Waals surface area contributed by atoms with E-state index in [1.165, 1.54) is 11.8 Å². The first-order valence-corrected chi connectivity index (χ1v) is 7.94. The average Bonchev–Trinajstić information content (AvgIpc) is 3.07. The second-order valence-electron chi connectivity index (χ2n) is 4.86. The molecule has 0 radical (unpaired) electrons. The van der Waals surface area contributed by atoms with Crippen molar-refractivity contribution < 1.29 is 14.3 Å². The molecule has 22 heavy (non-hydrogen) atoms. The molecule has 1 aliphatic heterocycles.